The molecule has 4 nitrogen and oxygen atoms in total. The summed E-state index contributed by atoms with van der Waals surface area (Å²) in [5.74, 6) is -0.437. The number of allylic oxidation sites excluding steroid dienone is 2. The highest BCUT2D eigenvalue weighted by molar-refractivity contribution is 5.84. The van der Waals surface area contributed by atoms with Gasteiger partial charge in [0.05, 0.1) is 30.8 Å². The molecular weight excluding hydrogens is 409 g/mol. The maximum atomic E-state index is 12.9. The standard InChI is InChI=1S/C24H23F3O4/c1-2-23(14-30-15-23)16-31-20-12-8-18(9-13-20)21(4-3-5-22(28)29)17-6-10-19(11-7-17)24(25,26)27/h3-13H,2,14-16H2,1H3,(H,28,29)/b5-3+,21-4-. The molecule has 7 heteroatoms. The van der Waals surface area contributed by atoms with Gasteiger partial charge in [-0.05, 0) is 47.4 Å². The summed E-state index contributed by atoms with van der Waals surface area (Å²) < 4.78 is 49.8. The molecule has 0 saturated carbocycles. The second kappa shape index (κ2) is 9.39. The van der Waals surface area contributed by atoms with Crippen LogP contribution in [0.25, 0.3) is 5.57 Å². The third kappa shape index (κ3) is 5.76. The van der Waals surface area contributed by atoms with Crippen molar-refractivity contribution in [2.24, 2.45) is 5.41 Å². The number of hydrogen-bond acceptors (Lipinski definition) is 3. The van der Waals surface area contributed by atoms with Gasteiger partial charge < -0.3 is 14.6 Å². The first-order valence-electron chi connectivity index (χ1n) is 9.82. The zero-order valence-electron chi connectivity index (χ0n) is 17.0. The fourth-order valence-electron chi connectivity index (χ4n) is 3.17. The zero-order chi connectivity index (χ0) is 22.5. The zero-order valence-corrected chi connectivity index (χ0v) is 17.0. The van der Waals surface area contributed by atoms with E-state index in [1.54, 1.807) is 30.3 Å². The van der Waals surface area contributed by atoms with E-state index in [9.17, 15) is 18.0 Å². The highest BCUT2D eigenvalue weighted by Crippen LogP contribution is 2.33. The van der Waals surface area contributed by atoms with Crippen LogP contribution < -0.4 is 4.74 Å². The van der Waals surface area contributed by atoms with Gasteiger partial charge in [-0.25, -0.2) is 4.79 Å². The summed E-state index contributed by atoms with van der Waals surface area (Å²) in [5, 5.41) is 8.83. The van der Waals surface area contributed by atoms with Gasteiger partial charge in [0.2, 0.25) is 0 Å². The second-order valence-corrected chi connectivity index (χ2v) is 7.51. The van der Waals surface area contributed by atoms with Crippen molar-refractivity contribution in [1.82, 2.24) is 0 Å². The van der Waals surface area contributed by atoms with Gasteiger partial charge in [-0.15, -0.1) is 0 Å². The summed E-state index contributed by atoms with van der Waals surface area (Å²) in [7, 11) is 0. The van der Waals surface area contributed by atoms with Crippen LogP contribution in [0.5, 0.6) is 5.75 Å². The fourth-order valence-corrected chi connectivity index (χ4v) is 3.17. The van der Waals surface area contributed by atoms with Crippen molar-refractivity contribution >= 4 is 11.5 Å². The Labute approximate surface area is 178 Å². The molecule has 1 aliphatic heterocycles. The third-order valence-electron chi connectivity index (χ3n) is 5.30. The Kier molecular flexibility index (Phi) is 6.85. The molecule has 1 heterocycles. The van der Waals surface area contributed by atoms with Crippen molar-refractivity contribution in [2.45, 2.75) is 19.5 Å². The molecule has 0 aliphatic carbocycles. The highest BCUT2D eigenvalue weighted by Gasteiger charge is 2.37. The number of halogens is 3. The minimum atomic E-state index is -4.42. The second-order valence-electron chi connectivity index (χ2n) is 7.51. The van der Waals surface area contributed by atoms with E-state index in [0.29, 0.717) is 36.7 Å². The monoisotopic (exact) mass is 432 g/mol. The van der Waals surface area contributed by atoms with E-state index in [-0.39, 0.29) is 5.41 Å². The quantitative estimate of drug-likeness (QED) is 0.437. The summed E-state index contributed by atoms with van der Waals surface area (Å²) >= 11 is 0. The molecule has 0 bridgehead atoms. The van der Waals surface area contributed by atoms with E-state index < -0.39 is 17.7 Å². The molecule has 1 fully saturated rings. The molecule has 0 unspecified atom stereocenters. The molecule has 1 saturated heterocycles. The minimum Gasteiger partial charge on any atom is -0.493 e. The van der Waals surface area contributed by atoms with Crippen LogP contribution in [0.2, 0.25) is 0 Å². The van der Waals surface area contributed by atoms with Gasteiger partial charge >= 0.3 is 12.1 Å². The molecule has 2 aromatic carbocycles. The molecule has 164 valence electrons. The van der Waals surface area contributed by atoms with Crippen LogP contribution in [0.1, 0.15) is 30.0 Å². The van der Waals surface area contributed by atoms with Gasteiger partial charge in [0.15, 0.2) is 0 Å². The Morgan fingerprint density at radius 1 is 1.10 bits per heavy atom. The van der Waals surface area contributed by atoms with Crippen LogP contribution in [-0.2, 0) is 15.7 Å². The molecule has 0 amide bonds. The third-order valence-corrected chi connectivity index (χ3v) is 5.30. The Hall–Kier alpha value is -3.06. The number of hydrogen-bond donors (Lipinski definition) is 1. The number of benzene rings is 2. The SMILES string of the molecule is CCC1(COc2ccc(/C(=C\C=C\C(=O)O)c3ccc(C(F)(F)F)cc3)cc2)COC1. The lowest BCUT2D eigenvalue weighted by molar-refractivity contribution is -0.137. The van der Waals surface area contributed by atoms with Gasteiger partial charge in [-0.3, -0.25) is 0 Å². The van der Waals surface area contributed by atoms with Crippen LogP contribution >= 0.6 is 0 Å². The van der Waals surface area contributed by atoms with Crippen molar-refractivity contribution in [3.05, 3.63) is 83.4 Å². The Morgan fingerprint density at radius 3 is 2.13 bits per heavy atom. The van der Waals surface area contributed by atoms with Crippen molar-refractivity contribution in [1.29, 1.82) is 0 Å². The maximum absolute atomic E-state index is 12.9. The van der Waals surface area contributed by atoms with Crippen LogP contribution in [0.4, 0.5) is 13.2 Å². The number of ether oxygens (including phenoxy) is 2. The van der Waals surface area contributed by atoms with Gasteiger partial charge in [0.1, 0.15) is 5.75 Å². The van der Waals surface area contributed by atoms with Crippen molar-refractivity contribution in [2.75, 3.05) is 19.8 Å². The molecule has 0 atom stereocenters. The van der Waals surface area contributed by atoms with Crippen LogP contribution in [-0.4, -0.2) is 30.9 Å². The van der Waals surface area contributed by atoms with E-state index >= 15 is 0 Å². The number of carbonyl (C=O) groups is 1. The molecule has 1 aliphatic rings. The first-order valence-corrected chi connectivity index (χ1v) is 9.82. The number of carboxylic acids is 1. The van der Waals surface area contributed by atoms with Gasteiger partial charge in [-0.2, -0.15) is 13.2 Å². The molecule has 0 aromatic heterocycles. The summed E-state index contributed by atoms with van der Waals surface area (Å²) in [6.07, 6.45) is 0.409. The predicted octanol–water partition coefficient (Wildman–Crippen LogP) is 5.58. The molecule has 31 heavy (non-hydrogen) atoms. The maximum Gasteiger partial charge on any atom is 0.416 e. The molecule has 0 radical (unpaired) electrons. The summed E-state index contributed by atoms with van der Waals surface area (Å²) in [5.41, 5.74) is 1.15. The highest BCUT2D eigenvalue weighted by atomic mass is 19.4. The summed E-state index contributed by atoms with van der Waals surface area (Å²) in [4.78, 5) is 10.8. The van der Waals surface area contributed by atoms with E-state index in [0.717, 1.165) is 30.2 Å². The van der Waals surface area contributed by atoms with Gasteiger partial charge in [0, 0.05) is 6.08 Å². The molecule has 3 rings (SSSR count). The summed E-state index contributed by atoms with van der Waals surface area (Å²) in [6.45, 7) is 4.00. The molecule has 0 spiro atoms. The lowest BCUT2D eigenvalue weighted by Crippen LogP contribution is -2.46. The van der Waals surface area contributed by atoms with Gasteiger partial charge in [0.25, 0.3) is 0 Å². The Morgan fingerprint density at radius 2 is 1.68 bits per heavy atom. The molecule has 1 N–H and O–H groups in total. The lowest BCUT2D eigenvalue weighted by Gasteiger charge is -2.40. The minimum absolute atomic E-state index is 0.0472. The topological polar surface area (TPSA) is 55.8 Å². The van der Waals surface area contributed by atoms with Crippen molar-refractivity contribution in [3.63, 3.8) is 0 Å². The van der Waals surface area contributed by atoms with E-state index in [2.05, 4.69) is 6.92 Å². The summed E-state index contributed by atoms with van der Waals surface area (Å²) in [6, 6.07) is 11.9. The molecular formula is C24H23F3O4. The Bertz CT molecular complexity index is 948. The number of aliphatic carboxylic acids is 1. The first kappa shape index (κ1) is 22.6. The number of rotatable bonds is 8. The Balaban J connectivity index is 1.83. The smallest absolute Gasteiger partial charge is 0.416 e. The fraction of sp³-hybridized carbons (Fsp3) is 0.292. The normalized spacial score (nSPS) is 16.2. The van der Waals surface area contributed by atoms with Crippen molar-refractivity contribution in [3.8, 4) is 5.75 Å². The predicted molar refractivity (Wildman–Crippen MR) is 111 cm³/mol. The lowest BCUT2D eigenvalue weighted by atomic mass is 9.84. The number of carboxylic acid groups (broad SMARTS) is 1. The van der Waals surface area contributed by atoms with E-state index in [1.165, 1.54) is 18.2 Å². The average Bonchev–Trinajstić information content (AvgIpc) is 2.71. The van der Waals surface area contributed by atoms with E-state index in [4.69, 9.17) is 14.6 Å². The van der Waals surface area contributed by atoms with Crippen LogP contribution in [0.15, 0.2) is 66.8 Å². The van der Waals surface area contributed by atoms with E-state index in [1.807, 2.05) is 0 Å². The largest absolute Gasteiger partial charge is 0.493 e. The number of alkyl halides is 3. The van der Waals surface area contributed by atoms with Crippen LogP contribution in [0.3, 0.4) is 0 Å². The molecule has 2 aromatic rings. The van der Waals surface area contributed by atoms with Gasteiger partial charge in [-0.1, -0.05) is 43.3 Å². The van der Waals surface area contributed by atoms with Crippen LogP contribution in [0, 0.1) is 5.41 Å². The van der Waals surface area contributed by atoms with Crippen molar-refractivity contribution < 1.29 is 32.5 Å². The first-order chi connectivity index (χ1) is 14.7. The average molecular weight is 432 g/mol.